The number of nitrogens with one attached hydrogen (secondary N) is 1. The molecule has 0 aliphatic heterocycles. The molecular weight excluding hydrogens is 378 g/mol. The lowest BCUT2D eigenvalue weighted by Crippen LogP contribution is -2.23. The molecule has 0 saturated heterocycles. The van der Waals surface area contributed by atoms with Crippen LogP contribution in [0.4, 0.5) is 0 Å². The van der Waals surface area contributed by atoms with E-state index in [4.69, 9.17) is 4.74 Å². The molecule has 0 saturated carbocycles. The molecule has 1 aromatic heterocycles. The van der Waals surface area contributed by atoms with Crippen LogP contribution in [0.15, 0.2) is 60.7 Å². The van der Waals surface area contributed by atoms with Crippen LogP contribution in [-0.4, -0.2) is 34.1 Å². The maximum Gasteiger partial charge on any atom is 0.326 e. The van der Waals surface area contributed by atoms with Crippen molar-refractivity contribution in [3.63, 3.8) is 0 Å². The Morgan fingerprint density at radius 3 is 2.60 bits per heavy atom. The van der Waals surface area contributed by atoms with Crippen LogP contribution in [0.3, 0.4) is 0 Å². The highest BCUT2D eigenvalue weighted by atomic mass is 16.5. The number of amides is 1. The van der Waals surface area contributed by atoms with Gasteiger partial charge in [-0.1, -0.05) is 42.5 Å². The van der Waals surface area contributed by atoms with Gasteiger partial charge in [0.25, 0.3) is 0 Å². The molecule has 1 N–H and O–H groups in total. The molecule has 3 aromatic rings. The van der Waals surface area contributed by atoms with Crippen LogP contribution in [0.2, 0.25) is 0 Å². The third kappa shape index (κ3) is 6.04. The molecule has 3 rings (SSSR count). The van der Waals surface area contributed by atoms with Gasteiger partial charge in [-0.3, -0.25) is 9.59 Å². The molecule has 1 heterocycles. The number of benzene rings is 2. The van der Waals surface area contributed by atoms with E-state index in [1.807, 2.05) is 73.0 Å². The van der Waals surface area contributed by atoms with Gasteiger partial charge in [-0.05, 0) is 44.0 Å². The van der Waals surface area contributed by atoms with E-state index in [9.17, 15) is 9.59 Å². The summed E-state index contributed by atoms with van der Waals surface area (Å²) in [6.45, 7) is 4.32. The van der Waals surface area contributed by atoms with Gasteiger partial charge in [0, 0.05) is 19.0 Å². The minimum Gasteiger partial charge on any atom is -0.462 e. The van der Waals surface area contributed by atoms with Crippen molar-refractivity contribution in [2.75, 3.05) is 6.54 Å². The Kier molecular flexibility index (Phi) is 7.38. The average Bonchev–Trinajstić information content (AvgIpc) is 3.07. The van der Waals surface area contributed by atoms with Crippen molar-refractivity contribution < 1.29 is 14.3 Å². The van der Waals surface area contributed by atoms with Crippen LogP contribution in [0, 0.1) is 0 Å². The van der Waals surface area contributed by atoms with E-state index in [2.05, 4.69) is 10.3 Å². The number of esters is 1. The first-order valence-electron chi connectivity index (χ1n) is 10.2. The minimum atomic E-state index is -0.284. The van der Waals surface area contributed by atoms with E-state index < -0.39 is 0 Å². The van der Waals surface area contributed by atoms with Gasteiger partial charge >= 0.3 is 5.97 Å². The summed E-state index contributed by atoms with van der Waals surface area (Å²) in [7, 11) is 0. The van der Waals surface area contributed by atoms with Crippen LogP contribution in [0.25, 0.3) is 17.1 Å². The van der Waals surface area contributed by atoms with Crippen molar-refractivity contribution in [3.8, 4) is 0 Å². The summed E-state index contributed by atoms with van der Waals surface area (Å²) >= 11 is 0. The summed E-state index contributed by atoms with van der Waals surface area (Å²) in [5.41, 5.74) is 2.73. The summed E-state index contributed by atoms with van der Waals surface area (Å²) in [5.74, 6) is 0.396. The van der Waals surface area contributed by atoms with Crippen molar-refractivity contribution in [1.82, 2.24) is 14.9 Å². The fraction of sp³-hybridized carbons (Fsp3) is 0.292. The standard InChI is InChI=1S/C24H27N3O3/c1-18(2)30-24(29)17-27-21-12-7-6-11-20(21)26-22(27)13-8-16-25-23(28)15-14-19-9-4-3-5-10-19/h3-7,9-12,14-15,18H,8,13,16-17H2,1-2H3,(H,25,28)/b15-14-. The number of nitrogens with zero attached hydrogens (tertiary/aromatic N) is 2. The molecular formula is C24H27N3O3. The maximum absolute atomic E-state index is 12.2. The number of carbonyl (C=O) groups excluding carboxylic acids is 2. The summed E-state index contributed by atoms with van der Waals surface area (Å²) in [5, 5.41) is 2.89. The Labute approximate surface area is 176 Å². The predicted molar refractivity (Wildman–Crippen MR) is 118 cm³/mol. The van der Waals surface area contributed by atoms with Crippen LogP contribution in [0.1, 0.15) is 31.7 Å². The number of imidazole rings is 1. The highest BCUT2D eigenvalue weighted by molar-refractivity contribution is 5.91. The quantitative estimate of drug-likeness (QED) is 0.334. The lowest BCUT2D eigenvalue weighted by Gasteiger charge is -2.11. The summed E-state index contributed by atoms with van der Waals surface area (Å²) in [6, 6.07) is 17.4. The molecule has 0 fully saturated rings. The second-order valence-corrected chi connectivity index (χ2v) is 7.28. The number of hydrogen-bond donors (Lipinski definition) is 1. The highest BCUT2D eigenvalue weighted by Crippen LogP contribution is 2.17. The molecule has 2 aromatic carbocycles. The van der Waals surface area contributed by atoms with Crippen molar-refractivity contribution in [1.29, 1.82) is 0 Å². The predicted octanol–water partition coefficient (Wildman–Crippen LogP) is 3.75. The summed E-state index contributed by atoms with van der Waals surface area (Å²) in [4.78, 5) is 28.9. The number of rotatable bonds is 9. The normalized spacial score (nSPS) is 11.3. The number of aryl methyl sites for hydroxylation is 1. The smallest absolute Gasteiger partial charge is 0.326 e. The van der Waals surface area contributed by atoms with Crippen LogP contribution < -0.4 is 5.32 Å². The van der Waals surface area contributed by atoms with Gasteiger partial charge in [0.1, 0.15) is 12.4 Å². The van der Waals surface area contributed by atoms with Crippen LogP contribution in [0.5, 0.6) is 0 Å². The van der Waals surface area contributed by atoms with Gasteiger partial charge in [0.15, 0.2) is 0 Å². The van der Waals surface area contributed by atoms with Crippen molar-refractivity contribution >= 4 is 29.0 Å². The van der Waals surface area contributed by atoms with Gasteiger partial charge in [-0.15, -0.1) is 0 Å². The number of para-hydroxylation sites is 2. The topological polar surface area (TPSA) is 73.2 Å². The Hall–Kier alpha value is -3.41. The van der Waals surface area contributed by atoms with Crippen molar-refractivity contribution in [2.24, 2.45) is 0 Å². The number of ether oxygens (including phenoxy) is 1. The van der Waals surface area contributed by atoms with E-state index in [1.165, 1.54) is 6.08 Å². The van der Waals surface area contributed by atoms with Gasteiger partial charge in [-0.2, -0.15) is 0 Å². The minimum absolute atomic E-state index is 0.125. The van der Waals surface area contributed by atoms with E-state index in [0.29, 0.717) is 19.4 Å². The molecule has 6 nitrogen and oxygen atoms in total. The second-order valence-electron chi connectivity index (χ2n) is 7.28. The Bertz CT molecular complexity index is 1020. The zero-order valence-corrected chi connectivity index (χ0v) is 17.4. The first-order chi connectivity index (χ1) is 14.5. The maximum atomic E-state index is 12.2. The van der Waals surface area contributed by atoms with Crippen LogP contribution in [-0.2, 0) is 27.3 Å². The fourth-order valence-corrected chi connectivity index (χ4v) is 3.18. The van der Waals surface area contributed by atoms with Gasteiger partial charge in [-0.25, -0.2) is 4.98 Å². The average molecular weight is 405 g/mol. The molecule has 1 amide bonds. The van der Waals surface area contributed by atoms with Crippen LogP contribution >= 0.6 is 0 Å². The molecule has 0 unspecified atom stereocenters. The van der Waals surface area contributed by atoms with Crippen molar-refractivity contribution in [3.05, 3.63) is 72.1 Å². The Morgan fingerprint density at radius 2 is 1.83 bits per heavy atom. The SMILES string of the molecule is CC(C)OC(=O)Cn1c(CCCNC(=O)/C=C\c2ccccc2)nc2ccccc21. The summed E-state index contributed by atoms with van der Waals surface area (Å²) < 4.78 is 7.20. The molecule has 0 radical (unpaired) electrons. The third-order valence-corrected chi connectivity index (χ3v) is 4.49. The zero-order valence-electron chi connectivity index (χ0n) is 17.4. The van der Waals surface area contributed by atoms with E-state index >= 15 is 0 Å². The molecule has 0 aliphatic carbocycles. The Balaban J connectivity index is 1.57. The molecule has 0 aliphatic rings. The number of fused-ring (bicyclic) bond motifs is 1. The number of hydrogen-bond acceptors (Lipinski definition) is 4. The molecule has 6 heteroatoms. The third-order valence-electron chi connectivity index (χ3n) is 4.49. The lowest BCUT2D eigenvalue weighted by molar-refractivity contribution is -0.148. The van der Waals surface area contributed by atoms with Gasteiger partial charge < -0.3 is 14.6 Å². The first-order valence-corrected chi connectivity index (χ1v) is 10.2. The van der Waals surface area contributed by atoms with Gasteiger partial charge in [0.05, 0.1) is 17.1 Å². The molecule has 30 heavy (non-hydrogen) atoms. The summed E-state index contributed by atoms with van der Waals surface area (Å²) in [6.07, 6.45) is 4.52. The van der Waals surface area contributed by atoms with Gasteiger partial charge in [0.2, 0.25) is 5.91 Å². The molecule has 0 spiro atoms. The first kappa shape index (κ1) is 21.3. The highest BCUT2D eigenvalue weighted by Gasteiger charge is 2.15. The number of carbonyl (C=O) groups is 2. The van der Waals surface area contributed by atoms with Crippen molar-refractivity contribution in [2.45, 2.75) is 39.3 Å². The largest absolute Gasteiger partial charge is 0.462 e. The van der Waals surface area contributed by atoms with E-state index in [0.717, 1.165) is 22.4 Å². The molecule has 156 valence electrons. The van der Waals surface area contributed by atoms with E-state index in [-0.39, 0.29) is 24.5 Å². The second kappa shape index (κ2) is 10.4. The molecule has 0 atom stereocenters. The molecule has 0 bridgehead atoms. The monoisotopic (exact) mass is 405 g/mol. The number of aromatic nitrogens is 2. The Morgan fingerprint density at radius 1 is 1.10 bits per heavy atom. The van der Waals surface area contributed by atoms with E-state index in [1.54, 1.807) is 6.08 Å². The fourth-order valence-electron chi connectivity index (χ4n) is 3.18. The zero-order chi connectivity index (χ0) is 21.3. The lowest BCUT2D eigenvalue weighted by atomic mass is 10.2.